The Morgan fingerprint density at radius 2 is 1.71 bits per heavy atom. The molecule has 0 bridgehead atoms. The van der Waals surface area contributed by atoms with Crippen molar-refractivity contribution in [3.63, 3.8) is 0 Å². The van der Waals surface area contributed by atoms with Gasteiger partial charge < -0.3 is 10.6 Å². The van der Waals surface area contributed by atoms with Gasteiger partial charge >= 0.3 is 0 Å². The Kier molecular flexibility index (Phi) is 6.36. The van der Waals surface area contributed by atoms with Crippen molar-refractivity contribution in [2.75, 3.05) is 11.9 Å². The molecule has 0 aliphatic heterocycles. The number of pyridine rings is 1. The molecule has 128 valence electrons. The molecule has 0 saturated carbocycles. The zero-order valence-corrected chi connectivity index (χ0v) is 15.0. The van der Waals surface area contributed by atoms with Gasteiger partial charge in [-0.25, -0.2) is 0 Å². The van der Waals surface area contributed by atoms with Crippen molar-refractivity contribution in [3.8, 4) is 0 Å². The maximum absolute atomic E-state index is 12.2. The van der Waals surface area contributed by atoms with Crippen LogP contribution in [0, 0.1) is 0 Å². The molecule has 0 spiro atoms. The van der Waals surface area contributed by atoms with Crippen LogP contribution < -0.4 is 10.6 Å². The van der Waals surface area contributed by atoms with E-state index >= 15 is 0 Å². The third kappa shape index (κ3) is 4.82. The molecule has 24 heavy (non-hydrogen) atoms. The lowest BCUT2D eigenvalue weighted by atomic mass is 9.92. The van der Waals surface area contributed by atoms with E-state index < -0.39 is 0 Å². The first-order valence-corrected chi connectivity index (χ1v) is 8.51. The molecule has 1 aromatic carbocycles. The molecule has 1 amide bonds. The highest BCUT2D eigenvalue weighted by atomic mass is 16.1. The van der Waals surface area contributed by atoms with Gasteiger partial charge in [0.25, 0.3) is 0 Å². The van der Waals surface area contributed by atoms with E-state index in [1.807, 2.05) is 12.1 Å². The van der Waals surface area contributed by atoms with Gasteiger partial charge in [-0.05, 0) is 34.6 Å². The van der Waals surface area contributed by atoms with E-state index in [4.69, 9.17) is 0 Å². The molecular formula is C20H27N3O. The predicted molar refractivity (Wildman–Crippen MR) is 99.2 cm³/mol. The summed E-state index contributed by atoms with van der Waals surface area (Å²) >= 11 is 0. The maximum atomic E-state index is 12.2. The highest BCUT2D eigenvalue weighted by molar-refractivity contribution is 5.81. The fourth-order valence-corrected chi connectivity index (χ4v) is 2.69. The van der Waals surface area contributed by atoms with Gasteiger partial charge in [0.2, 0.25) is 5.91 Å². The van der Waals surface area contributed by atoms with Gasteiger partial charge in [-0.1, -0.05) is 52.0 Å². The molecule has 0 saturated heterocycles. The van der Waals surface area contributed by atoms with Crippen LogP contribution in [-0.4, -0.2) is 17.4 Å². The summed E-state index contributed by atoms with van der Waals surface area (Å²) in [5.74, 6) is 0.793. The summed E-state index contributed by atoms with van der Waals surface area (Å²) in [6.45, 7) is 9.46. The Morgan fingerprint density at radius 1 is 1.04 bits per heavy atom. The first kappa shape index (κ1) is 18.0. The van der Waals surface area contributed by atoms with E-state index in [0.717, 1.165) is 11.3 Å². The van der Waals surface area contributed by atoms with Crippen LogP contribution >= 0.6 is 0 Å². The van der Waals surface area contributed by atoms with Gasteiger partial charge in [-0.2, -0.15) is 0 Å². The lowest BCUT2D eigenvalue weighted by molar-refractivity contribution is -0.119. The van der Waals surface area contributed by atoms with E-state index in [1.165, 1.54) is 11.1 Å². The number of anilines is 1. The first-order valence-electron chi connectivity index (χ1n) is 8.51. The third-order valence-electron chi connectivity index (χ3n) is 4.01. The predicted octanol–water partition coefficient (Wildman–Crippen LogP) is 4.06. The number of benzene rings is 1. The van der Waals surface area contributed by atoms with E-state index in [1.54, 1.807) is 12.4 Å². The molecule has 0 radical (unpaired) electrons. The van der Waals surface area contributed by atoms with Gasteiger partial charge in [-0.15, -0.1) is 0 Å². The Morgan fingerprint density at radius 3 is 2.25 bits per heavy atom. The summed E-state index contributed by atoms with van der Waals surface area (Å²) in [4.78, 5) is 16.2. The number of para-hydroxylation sites is 1. The molecule has 0 atom stereocenters. The molecule has 0 unspecified atom stereocenters. The second-order valence-electron chi connectivity index (χ2n) is 6.61. The molecule has 2 N–H and O–H groups in total. The molecule has 0 aliphatic carbocycles. The zero-order valence-electron chi connectivity index (χ0n) is 15.0. The van der Waals surface area contributed by atoms with Crippen LogP contribution in [0.3, 0.4) is 0 Å². The summed E-state index contributed by atoms with van der Waals surface area (Å²) in [5, 5.41) is 6.28. The van der Waals surface area contributed by atoms with Crippen molar-refractivity contribution in [1.29, 1.82) is 0 Å². The number of carbonyl (C=O) groups is 1. The maximum Gasteiger partial charge on any atom is 0.239 e. The highest BCUT2D eigenvalue weighted by Crippen LogP contribution is 2.32. The van der Waals surface area contributed by atoms with Crippen molar-refractivity contribution in [2.24, 2.45) is 0 Å². The summed E-state index contributed by atoms with van der Waals surface area (Å²) in [5.41, 5.74) is 4.60. The Hall–Kier alpha value is -2.36. The van der Waals surface area contributed by atoms with Gasteiger partial charge in [-0.3, -0.25) is 9.78 Å². The second-order valence-corrected chi connectivity index (χ2v) is 6.61. The number of rotatable bonds is 7. The molecule has 1 heterocycles. The number of nitrogens with zero attached hydrogens (tertiary/aromatic N) is 1. The van der Waals surface area contributed by atoms with Crippen LogP contribution in [0.2, 0.25) is 0 Å². The summed E-state index contributed by atoms with van der Waals surface area (Å²) in [6, 6.07) is 10.2. The molecule has 4 heteroatoms. The minimum atomic E-state index is -0.0212. The minimum Gasteiger partial charge on any atom is -0.376 e. The molecule has 1 aromatic heterocycles. The Labute approximate surface area is 144 Å². The van der Waals surface area contributed by atoms with Gasteiger partial charge in [0.1, 0.15) is 0 Å². The van der Waals surface area contributed by atoms with Gasteiger partial charge in [0.15, 0.2) is 0 Å². The smallest absolute Gasteiger partial charge is 0.239 e. The lowest BCUT2D eigenvalue weighted by Crippen LogP contribution is -2.30. The number of carbonyl (C=O) groups excluding carboxylic acids is 1. The Bertz CT molecular complexity index is 640. The van der Waals surface area contributed by atoms with Crippen molar-refractivity contribution in [1.82, 2.24) is 10.3 Å². The molecule has 2 rings (SSSR count). The summed E-state index contributed by atoms with van der Waals surface area (Å²) < 4.78 is 0. The fourth-order valence-electron chi connectivity index (χ4n) is 2.69. The fraction of sp³-hybridized carbons (Fsp3) is 0.400. The van der Waals surface area contributed by atoms with Crippen LogP contribution in [0.1, 0.15) is 56.2 Å². The van der Waals surface area contributed by atoms with Crippen molar-refractivity contribution in [3.05, 3.63) is 59.4 Å². The number of hydrogen-bond acceptors (Lipinski definition) is 3. The number of aromatic nitrogens is 1. The quantitative estimate of drug-likeness (QED) is 0.807. The second kappa shape index (κ2) is 8.48. The number of amides is 1. The van der Waals surface area contributed by atoms with Crippen molar-refractivity contribution >= 4 is 11.6 Å². The van der Waals surface area contributed by atoms with Crippen LogP contribution in [-0.2, 0) is 11.3 Å². The SMILES string of the molecule is CC(C)c1cccc(C(C)C)c1NCC(=O)NCc1cccnc1. The van der Waals surface area contributed by atoms with E-state index in [9.17, 15) is 4.79 Å². The summed E-state index contributed by atoms with van der Waals surface area (Å²) in [7, 11) is 0. The zero-order chi connectivity index (χ0) is 17.5. The number of nitrogens with one attached hydrogen (secondary N) is 2. The lowest BCUT2D eigenvalue weighted by Gasteiger charge is -2.20. The third-order valence-corrected chi connectivity index (χ3v) is 4.01. The first-order chi connectivity index (χ1) is 11.5. The molecule has 0 aliphatic rings. The Balaban J connectivity index is 2.01. The normalized spacial score (nSPS) is 10.9. The average molecular weight is 325 g/mol. The molecule has 4 nitrogen and oxygen atoms in total. The summed E-state index contributed by atoms with van der Waals surface area (Å²) in [6.07, 6.45) is 3.49. The van der Waals surface area contributed by atoms with Gasteiger partial charge in [0.05, 0.1) is 6.54 Å². The van der Waals surface area contributed by atoms with Crippen LogP contribution in [0.15, 0.2) is 42.7 Å². The van der Waals surface area contributed by atoms with Crippen LogP contribution in [0.5, 0.6) is 0 Å². The van der Waals surface area contributed by atoms with E-state index in [-0.39, 0.29) is 12.5 Å². The molecule has 2 aromatic rings. The van der Waals surface area contributed by atoms with Crippen molar-refractivity contribution < 1.29 is 4.79 Å². The monoisotopic (exact) mass is 325 g/mol. The van der Waals surface area contributed by atoms with Crippen LogP contribution in [0.25, 0.3) is 0 Å². The van der Waals surface area contributed by atoms with E-state index in [2.05, 4.69) is 61.5 Å². The number of hydrogen-bond donors (Lipinski definition) is 2. The largest absolute Gasteiger partial charge is 0.376 e. The van der Waals surface area contributed by atoms with Crippen molar-refractivity contribution in [2.45, 2.75) is 46.1 Å². The molecular weight excluding hydrogens is 298 g/mol. The minimum absolute atomic E-state index is 0.0212. The topological polar surface area (TPSA) is 54.0 Å². The molecule has 0 fully saturated rings. The van der Waals surface area contributed by atoms with Gasteiger partial charge in [0, 0.05) is 24.6 Å². The highest BCUT2D eigenvalue weighted by Gasteiger charge is 2.14. The average Bonchev–Trinajstić information content (AvgIpc) is 2.58. The van der Waals surface area contributed by atoms with E-state index in [0.29, 0.717) is 18.4 Å². The van der Waals surface area contributed by atoms with Crippen LogP contribution in [0.4, 0.5) is 5.69 Å². The standard InChI is InChI=1S/C20H27N3O/c1-14(2)17-8-5-9-18(15(3)4)20(17)23-13-19(24)22-12-16-7-6-10-21-11-16/h5-11,14-15,23H,12-13H2,1-4H3,(H,22,24).